The van der Waals surface area contributed by atoms with Gasteiger partial charge in [-0.2, -0.15) is 0 Å². The maximum Gasteiger partial charge on any atom is 0.191 e. The molecule has 2 heterocycles. The molecule has 2 fully saturated rings. The second-order valence-corrected chi connectivity index (χ2v) is 9.74. The van der Waals surface area contributed by atoms with E-state index in [9.17, 15) is 4.21 Å². The van der Waals surface area contributed by atoms with E-state index in [2.05, 4.69) is 10.6 Å². The topological polar surface area (TPSA) is 75.9 Å². The number of hydrogen-bond acceptors (Lipinski definition) is 4. The Balaban J connectivity index is 1.55. The monoisotopic (exact) mass is 409 g/mol. The molecule has 1 aromatic heterocycles. The summed E-state index contributed by atoms with van der Waals surface area (Å²) in [6, 6.07) is 4.24. The van der Waals surface area contributed by atoms with Gasteiger partial charge in [0.2, 0.25) is 0 Å². The standard InChI is InChI=1S/C21H35N3O3S/c1-2-28(25)20-10-5-7-17(15-20)24-21(22-12-11-18-9-6-14-26-18)23-16-19-8-3-4-13-27-19/h6,9,14,17,19-20H,2-5,7-8,10-13,15-16H2,1H3,(H2,22,23,24). The Morgan fingerprint density at radius 1 is 1.29 bits per heavy atom. The average molecular weight is 410 g/mol. The molecule has 2 aliphatic rings. The zero-order valence-electron chi connectivity index (χ0n) is 17.0. The summed E-state index contributed by atoms with van der Waals surface area (Å²) < 4.78 is 23.5. The molecule has 0 bridgehead atoms. The molecule has 1 saturated heterocycles. The summed E-state index contributed by atoms with van der Waals surface area (Å²) >= 11 is 0. The first-order valence-corrected chi connectivity index (χ1v) is 12.2. The number of guanidine groups is 1. The van der Waals surface area contributed by atoms with Crippen LogP contribution in [0, 0.1) is 0 Å². The summed E-state index contributed by atoms with van der Waals surface area (Å²) in [6.45, 7) is 4.32. The molecular weight excluding hydrogens is 374 g/mol. The maximum absolute atomic E-state index is 12.2. The van der Waals surface area contributed by atoms with E-state index in [1.807, 2.05) is 19.1 Å². The zero-order chi connectivity index (χ0) is 19.6. The van der Waals surface area contributed by atoms with Gasteiger partial charge < -0.3 is 19.8 Å². The molecule has 4 atom stereocenters. The van der Waals surface area contributed by atoms with Crippen LogP contribution in [0.25, 0.3) is 0 Å². The van der Waals surface area contributed by atoms with Crippen LogP contribution in [0.3, 0.4) is 0 Å². The fourth-order valence-corrected chi connectivity index (χ4v) is 5.35. The number of ether oxygens (including phenoxy) is 1. The SMILES string of the molecule is CCS(=O)C1CCCC(NC(=NCC2CCCCO2)NCCc2ccco2)C1. The van der Waals surface area contributed by atoms with Gasteiger partial charge in [-0.15, -0.1) is 0 Å². The quantitative estimate of drug-likeness (QED) is 0.510. The van der Waals surface area contributed by atoms with Gasteiger partial charge in [-0.25, -0.2) is 0 Å². The minimum atomic E-state index is -0.715. The summed E-state index contributed by atoms with van der Waals surface area (Å²) in [5, 5.41) is 7.36. The Bertz CT molecular complexity index is 614. The predicted octanol–water partition coefficient (Wildman–Crippen LogP) is 3.01. The number of nitrogens with zero attached hydrogens (tertiary/aromatic N) is 1. The first-order chi connectivity index (χ1) is 13.7. The highest BCUT2D eigenvalue weighted by atomic mass is 32.2. The van der Waals surface area contributed by atoms with Gasteiger partial charge in [0.1, 0.15) is 5.76 Å². The number of rotatable bonds is 8. The van der Waals surface area contributed by atoms with E-state index in [1.54, 1.807) is 6.26 Å². The first kappa shape index (κ1) is 21.4. The van der Waals surface area contributed by atoms with Gasteiger partial charge in [0.15, 0.2) is 5.96 Å². The Morgan fingerprint density at radius 2 is 2.21 bits per heavy atom. The van der Waals surface area contributed by atoms with Gasteiger partial charge in [-0.1, -0.05) is 13.3 Å². The van der Waals surface area contributed by atoms with Gasteiger partial charge in [-0.05, 0) is 50.7 Å². The van der Waals surface area contributed by atoms with Crippen LogP contribution in [0.15, 0.2) is 27.8 Å². The van der Waals surface area contributed by atoms with Crippen LogP contribution in [-0.2, 0) is 22.0 Å². The van der Waals surface area contributed by atoms with Gasteiger partial charge in [0.25, 0.3) is 0 Å². The van der Waals surface area contributed by atoms with E-state index >= 15 is 0 Å². The van der Waals surface area contributed by atoms with E-state index in [1.165, 1.54) is 6.42 Å². The van der Waals surface area contributed by atoms with Crippen LogP contribution in [0.1, 0.15) is 57.6 Å². The van der Waals surface area contributed by atoms with E-state index in [0.29, 0.717) is 17.8 Å². The molecule has 6 nitrogen and oxygen atoms in total. The second kappa shape index (κ2) is 11.6. The van der Waals surface area contributed by atoms with Gasteiger partial charge in [0.05, 0.1) is 18.9 Å². The lowest BCUT2D eigenvalue weighted by molar-refractivity contribution is 0.0224. The molecular formula is C21H35N3O3S. The smallest absolute Gasteiger partial charge is 0.191 e. The van der Waals surface area contributed by atoms with Crippen molar-refractivity contribution in [2.45, 2.75) is 75.7 Å². The van der Waals surface area contributed by atoms with E-state index in [-0.39, 0.29) is 6.10 Å². The third kappa shape index (κ3) is 6.92. The first-order valence-electron chi connectivity index (χ1n) is 10.8. The van der Waals surface area contributed by atoms with Crippen LogP contribution >= 0.6 is 0 Å². The van der Waals surface area contributed by atoms with E-state index < -0.39 is 10.8 Å². The minimum Gasteiger partial charge on any atom is -0.469 e. The summed E-state index contributed by atoms with van der Waals surface area (Å²) in [7, 11) is -0.715. The van der Waals surface area contributed by atoms with Crippen molar-refractivity contribution in [2.24, 2.45) is 4.99 Å². The lowest BCUT2D eigenvalue weighted by Crippen LogP contribution is -2.47. The normalized spacial score (nSPS) is 27.3. The molecule has 1 saturated carbocycles. The fourth-order valence-electron chi connectivity index (χ4n) is 4.00. The fraction of sp³-hybridized carbons (Fsp3) is 0.762. The Morgan fingerprint density at radius 3 is 2.96 bits per heavy atom. The van der Waals surface area contributed by atoms with Gasteiger partial charge in [-0.3, -0.25) is 9.20 Å². The lowest BCUT2D eigenvalue weighted by atomic mass is 9.95. The molecule has 1 aromatic rings. The molecule has 1 aliphatic carbocycles. The highest BCUT2D eigenvalue weighted by molar-refractivity contribution is 7.85. The van der Waals surface area contributed by atoms with Gasteiger partial charge >= 0.3 is 0 Å². The molecule has 4 unspecified atom stereocenters. The van der Waals surface area contributed by atoms with Crippen molar-refractivity contribution in [3.63, 3.8) is 0 Å². The summed E-state index contributed by atoms with van der Waals surface area (Å²) in [5.74, 6) is 2.56. The van der Waals surface area contributed by atoms with Crippen molar-refractivity contribution in [3.05, 3.63) is 24.2 Å². The van der Waals surface area contributed by atoms with E-state index in [4.69, 9.17) is 14.1 Å². The van der Waals surface area contributed by atoms with Crippen LogP contribution < -0.4 is 10.6 Å². The van der Waals surface area contributed by atoms with Crippen LogP contribution in [0.4, 0.5) is 0 Å². The summed E-state index contributed by atoms with van der Waals surface area (Å²) in [4.78, 5) is 4.81. The third-order valence-corrected chi connectivity index (χ3v) is 7.33. The molecule has 7 heteroatoms. The van der Waals surface area contributed by atoms with Crippen molar-refractivity contribution in [2.75, 3.05) is 25.4 Å². The molecule has 158 valence electrons. The zero-order valence-corrected chi connectivity index (χ0v) is 17.8. The van der Waals surface area contributed by atoms with E-state index in [0.717, 1.165) is 75.6 Å². The molecule has 28 heavy (non-hydrogen) atoms. The van der Waals surface area contributed by atoms with Crippen molar-refractivity contribution in [1.29, 1.82) is 0 Å². The summed E-state index contributed by atoms with van der Waals surface area (Å²) in [6.07, 6.45) is 10.5. The van der Waals surface area contributed by atoms with Gasteiger partial charge in [0, 0.05) is 47.4 Å². The molecule has 0 spiro atoms. The van der Waals surface area contributed by atoms with Crippen molar-refractivity contribution in [3.8, 4) is 0 Å². The average Bonchev–Trinajstić information content (AvgIpc) is 3.26. The second-order valence-electron chi connectivity index (χ2n) is 7.73. The Labute approximate surface area is 171 Å². The van der Waals surface area contributed by atoms with Crippen LogP contribution in [0.2, 0.25) is 0 Å². The van der Waals surface area contributed by atoms with Crippen LogP contribution in [-0.4, -0.2) is 53.0 Å². The molecule has 2 N–H and O–H groups in total. The minimum absolute atomic E-state index is 0.226. The Hall–Kier alpha value is -1.34. The lowest BCUT2D eigenvalue weighted by Gasteiger charge is -2.30. The molecule has 1 aliphatic heterocycles. The van der Waals surface area contributed by atoms with Crippen LogP contribution in [0.5, 0.6) is 0 Å². The highest BCUT2D eigenvalue weighted by Gasteiger charge is 2.26. The highest BCUT2D eigenvalue weighted by Crippen LogP contribution is 2.23. The summed E-state index contributed by atoms with van der Waals surface area (Å²) in [5.41, 5.74) is 0. The number of hydrogen-bond donors (Lipinski definition) is 2. The predicted molar refractivity (Wildman–Crippen MR) is 114 cm³/mol. The maximum atomic E-state index is 12.2. The number of aliphatic imine (C=N–C) groups is 1. The number of nitrogens with one attached hydrogen (secondary N) is 2. The molecule has 0 amide bonds. The molecule has 3 rings (SSSR count). The molecule has 0 radical (unpaired) electrons. The van der Waals surface area contributed by atoms with Crippen molar-refractivity contribution in [1.82, 2.24) is 10.6 Å². The van der Waals surface area contributed by atoms with Crippen molar-refractivity contribution >= 4 is 16.8 Å². The third-order valence-electron chi connectivity index (χ3n) is 5.59. The number of furan rings is 1. The Kier molecular flexibility index (Phi) is 8.86. The van der Waals surface area contributed by atoms with Crippen molar-refractivity contribution < 1.29 is 13.4 Å². The molecule has 0 aromatic carbocycles. The largest absolute Gasteiger partial charge is 0.469 e.